The van der Waals surface area contributed by atoms with Crippen LogP contribution in [0.1, 0.15) is 54.0 Å². The predicted octanol–water partition coefficient (Wildman–Crippen LogP) is 6.01. The molecule has 1 aliphatic heterocycles. The van der Waals surface area contributed by atoms with Crippen LogP contribution in [0.25, 0.3) is 5.69 Å². The number of nitrogens with zero attached hydrogens (tertiary/aromatic N) is 4. The fraction of sp³-hybridized carbons (Fsp3) is 0.290. The number of pyridine rings is 1. The van der Waals surface area contributed by atoms with Crippen molar-refractivity contribution in [2.75, 3.05) is 17.2 Å². The Labute approximate surface area is 243 Å². The lowest BCUT2D eigenvalue weighted by atomic mass is 9.87. The predicted molar refractivity (Wildman–Crippen MR) is 161 cm³/mol. The van der Waals surface area contributed by atoms with Crippen LogP contribution >= 0.6 is 23.4 Å². The summed E-state index contributed by atoms with van der Waals surface area (Å²) in [6.07, 6.45) is 3.40. The van der Waals surface area contributed by atoms with Crippen LogP contribution in [0.5, 0.6) is 0 Å². The Morgan fingerprint density at radius 2 is 1.93 bits per heavy atom. The van der Waals surface area contributed by atoms with Crippen molar-refractivity contribution in [1.82, 2.24) is 20.1 Å². The normalized spacial score (nSPS) is 15.5. The zero-order valence-electron chi connectivity index (χ0n) is 23.0. The second-order valence-electron chi connectivity index (χ2n) is 10.9. The molecule has 9 heteroatoms. The first-order chi connectivity index (χ1) is 19.1. The third-order valence-electron chi connectivity index (χ3n) is 6.81. The molecule has 0 bridgehead atoms. The van der Waals surface area contributed by atoms with Gasteiger partial charge in [0.25, 0.3) is 0 Å². The van der Waals surface area contributed by atoms with Gasteiger partial charge in [-0.3, -0.25) is 19.5 Å². The summed E-state index contributed by atoms with van der Waals surface area (Å²) in [5.41, 5.74) is 5.21. The summed E-state index contributed by atoms with van der Waals surface area (Å²) in [5, 5.41) is 8.53. The van der Waals surface area contributed by atoms with Crippen molar-refractivity contribution in [2.24, 2.45) is 0 Å². The average Bonchev–Trinajstić information content (AvgIpc) is 3.26. The molecule has 1 aliphatic rings. The molecule has 0 aliphatic carbocycles. The molecule has 7 nitrogen and oxygen atoms in total. The third kappa shape index (κ3) is 5.78. The Morgan fingerprint density at radius 1 is 1.12 bits per heavy atom. The molecular formula is C31H32ClN5O2S. The van der Waals surface area contributed by atoms with Crippen LogP contribution in [0.2, 0.25) is 5.02 Å². The van der Waals surface area contributed by atoms with Gasteiger partial charge in [0.1, 0.15) is 12.4 Å². The molecule has 3 heterocycles. The molecule has 0 unspecified atom stereocenters. The van der Waals surface area contributed by atoms with Crippen molar-refractivity contribution in [3.05, 3.63) is 106 Å². The highest BCUT2D eigenvalue weighted by Crippen LogP contribution is 2.48. The molecular weight excluding hydrogens is 542 g/mol. The van der Waals surface area contributed by atoms with E-state index in [0.29, 0.717) is 17.4 Å². The minimum atomic E-state index is -0.336. The van der Waals surface area contributed by atoms with E-state index in [4.69, 9.17) is 16.7 Å². The van der Waals surface area contributed by atoms with Crippen molar-refractivity contribution in [3.63, 3.8) is 0 Å². The van der Waals surface area contributed by atoms with E-state index in [1.807, 2.05) is 72.3 Å². The van der Waals surface area contributed by atoms with E-state index in [1.165, 1.54) is 11.8 Å². The van der Waals surface area contributed by atoms with E-state index >= 15 is 0 Å². The number of fused-ring (bicyclic) bond motifs is 1. The zero-order chi connectivity index (χ0) is 28.4. The monoisotopic (exact) mass is 573 g/mol. The van der Waals surface area contributed by atoms with Gasteiger partial charge in [-0.05, 0) is 47.9 Å². The van der Waals surface area contributed by atoms with Crippen LogP contribution in [0.15, 0.2) is 73.1 Å². The molecule has 2 aromatic heterocycles. The van der Waals surface area contributed by atoms with E-state index < -0.39 is 0 Å². The molecule has 0 fully saturated rings. The summed E-state index contributed by atoms with van der Waals surface area (Å²) in [5.74, 6) is 0.418. The van der Waals surface area contributed by atoms with Gasteiger partial charge in [0.2, 0.25) is 11.8 Å². The first-order valence-corrected chi connectivity index (χ1v) is 14.6. The zero-order valence-corrected chi connectivity index (χ0v) is 24.6. The van der Waals surface area contributed by atoms with E-state index in [2.05, 4.69) is 31.1 Å². The summed E-state index contributed by atoms with van der Waals surface area (Å²) in [6.45, 7) is 8.58. The fourth-order valence-electron chi connectivity index (χ4n) is 4.88. The Balaban J connectivity index is 1.67. The maximum Gasteiger partial charge on any atom is 0.240 e. The number of rotatable bonds is 6. The number of carbonyl (C=O) groups is 2. The summed E-state index contributed by atoms with van der Waals surface area (Å²) in [4.78, 5) is 32.8. The molecule has 4 aromatic rings. The number of para-hydroxylation sites is 1. The molecule has 0 saturated heterocycles. The van der Waals surface area contributed by atoms with Gasteiger partial charge in [-0.25, -0.2) is 4.68 Å². The maximum atomic E-state index is 13.8. The summed E-state index contributed by atoms with van der Waals surface area (Å²) >= 11 is 7.97. The lowest BCUT2D eigenvalue weighted by molar-refractivity contribution is -0.123. The lowest BCUT2D eigenvalue weighted by Crippen LogP contribution is -2.42. The van der Waals surface area contributed by atoms with Gasteiger partial charge in [0, 0.05) is 34.9 Å². The Hall–Kier alpha value is -3.62. The second kappa shape index (κ2) is 11.5. The van der Waals surface area contributed by atoms with Crippen molar-refractivity contribution in [1.29, 1.82) is 0 Å². The van der Waals surface area contributed by atoms with Crippen LogP contribution in [0.4, 0.5) is 5.82 Å². The van der Waals surface area contributed by atoms with Crippen molar-refractivity contribution < 1.29 is 9.59 Å². The molecule has 0 radical (unpaired) electrons. The number of benzene rings is 2. The summed E-state index contributed by atoms with van der Waals surface area (Å²) in [7, 11) is 0. The number of hydrogen-bond acceptors (Lipinski definition) is 5. The van der Waals surface area contributed by atoms with Gasteiger partial charge in [-0.1, -0.05) is 68.8 Å². The van der Waals surface area contributed by atoms with Gasteiger partial charge < -0.3 is 5.32 Å². The molecule has 1 N–H and O–H groups in total. The number of aromatic nitrogens is 3. The maximum absolute atomic E-state index is 13.8. The summed E-state index contributed by atoms with van der Waals surface area (Å²) < 4.78 is 1.85. The number of thioether (sulfide) groups is 1. The van der Waals surface area contributed by atoms with E-state index in [1.54, 1.807) is 17.3 Å². The summed E-state index contributed by atoms with van der Waals surface area (Å²) in [6, 6.07) is 19.4. The van der Waals surface area contributed by atoms with E-state index in [0.717, 1.165) is 33.6 Å². The second-order valence-corrected chi connectivity index (χ2v) is 12.4. The highest BCUT2D eigenvalue weighted by atomic mass is 35.5. The number of aryl methyl sites for hydroxylation is 1. The van der Waals surface area contributed by atoms with Crippen LogP contribution < -0.4 is 10.2 Å². The molecule has 5 rings (SSSR count). The quantitative estimate of drug-likeness (QED) is 0.305. The molecule has 0 spiro atoms. The molecule has 206 valence electrons. The van der Waals surface area contributed by atoms with Gasteiger partial charge in [-0.2, -0.15) is 5.10 Å². The van der Waals surface area contributed by atoms with Crippen LogP contribution in [-0.2, 0) is 21.5 Å². The van der Waals surface area contributed by atoms with Crippen LogP contribution in [0, 0.1) is 6.92 Å². The lowest BCUT2D eigenvalue weighted by Gasteiger charge is -2.25. The van der Waals surface area contributed by atoms with Crippen LogP contribution in [0.3, 0.4) is 0 Å². The highest BCUT2D eigenvalue weighted by molar-refractivity contribution is 8.00. The van der Waals surface area contributed by atoms with Crippen molar-refractivity contribution >= 4 is 41.0 Å². The van der Waals surface area contributed by atoms with Gasteiger partial charge >= 0.3 is 0 Å². The van der Waals surface area contributed by atoms with Crippen molar-refractivity contribution in [3.8, 4) is 5.69 Å². The first kappa shape index (κ1) is 27.9. The Bertz CT molecular complexity index is 1550. The number of amides is 2. The van der Waals surface area contributed by atoms with E-state index in [-0.39, 0.29) is 34.8 Å². The number of carbonyl (C=O) groups excluding carboxylic acids is 2. The van der Waals surface area contributed by atoms with Crippen LogP contribution in [-0.4, -0.2) is 38.9 Å². The molecule has 1 atom stereocenters. The van der Waals surface area contributed by atoms with Gasteiger partial charge in [0.05, 0.1) is 22.4 Å². The van der Waals surface area contributed by atoms with Gasteiger partial charge in [-0.15, -0.1) is 11.8 Å². The largest absolute Gasteiger partial charge is 0.350 e. The SMILES string of the molecule is Cc1ccccc1-n1nc(C(C)(C)C)c2c1N(CC(=O)NCc1cccnc1)C(=O)CS[C@@H]2c1cccc(Cl)c1. The smallest absolute Gasteiger partial charge is 0.240 e. The number of nitrogens with one attached hydrogen (secondary N) is 1. The number of anilines is 1. The molecule has 40 heavy (non-hydrogen) atoms. The molecule has 2 amide bonds. The topological polar surface area (TPSA) is 80.1 Å². The number of halogens is 1. The van der Waals surface area contributed by atoms with Gasteiger partial charge in [0.15, 0.2) is 0 Å². The first-order valence-electron chi connectivity index (χ1n) is 13.2. The highest BCUT2D eigenvalue weighted by Gasteiger charge is 2.40. The minimum Gasteiger partial charge on any atom is -0.350 e. The Kier molecular flexibility index (Phi) is 8.01. The molecule has 2 aromatic carbocycles. The number of hydrogen-bond donors (Lipinski definition) is 1. The van der Waals surface area contributed by atoms with E-state index in [9.17, 15) is 9.59 Å². The third-order valence-corrected chi connectivity index (χ3v) is 8.30. The van der Waals surface area contributed by atoms with Crippen molar-refractivity contribution in [2.45, 2.75) is 44.9 Å². The average molecular weight is 574 g/mol. The standard InChI is InChI=1S/C31H32ClN5O2S/c1-20-9-5-6-13-24(20)37-30-27(29(35-37)31(2,3)4)28(22-11-7-12-23(32)15-22)40-19-26(39)36(30)18-25(38)34-17-21-10-8-14-33-16-21/h5-16,28H,17-19H2,1-4H3,(H,34,38)/t28-/m1/s1. The fourth-order valence-corrected chi connectivity index (χ4v) is 6.26. The minimum absolute atomic E-state index is 0.129. The molecule has 0 saturated carbocycles. The Morgan fingerprint density at radius 3 is 2.62 bits per heavy atom.